The third kappa shape index (κ3) is 5.15. The molecule has 0 atom stereocenters. The van der Waals surface area contributed by atoms with E-state index in [1.165, 1.54) is 5.56 Å². The van der Waals surface area contributed by atoms with Gasteiger partial charge >= 0.3 is 0 Å². The Kier molecular flexibility index (Phi) is 6.57. The van der Waals surface area contributed by atoms with Crippen molar-refractivity contribution in [3.8, 4) is 11.5 Å². The minimum Gasteiger partial charge on any atom is -0.454 e. The van der Waals surface area contributed by atoms with Crippen molar-refractivity contribution < 1.29 is 9.47 Å². The summed E-state index contributed by atoms with van der Waals surface area (Å²) < 4.78 is 13.0. The van der Waals surface area contributed by atoms with Gasteiger partial charge in [0.25, 0.3) is 0 Å². The van der Waals surface area contributed by atoms with Gasteiger partial charge in [-0.3, -0.25) is 4.99 Å². The predicted molar refractivity (Wildman–Crippen MR) is 106 cm³/mol. The summed E-state index contributed by atoms with van der Waals surface area (Å²) in [7, 11) is 2.06. The number of benzene rings is 1. The van der Waals surface area contributed by atoms with E-state index in [9.17, 15) is 0 Å². The molecular weight excluding hydrogens is 342 g/mol. The molecule has 0 amide bonds. The van der Waals surface area contributed by atoms with E-state index in [1.807, 2.05) is 31.5 Å². The van der Waals surface area contributed by atoms with E-state index >= 15 is 0 Å². The van der Waals surface area contributed by atoms with E-state index in [0.717, 1.165) is 62.3 Å². The molecule has 27 heavy (non-hydrogen) atoms. The summed E-state index contributed by atoms with van der Waals surface area (Å²) in [5.41, 5.74) is 1.17. The van der Waals surface area contributed by atoms with Gasteiger partial charge in [-0.15, -0.1) is 0 Å². The first-order valence-corrected chi connectivity index (χ1v) is 9.53. The van der Waals surface area contributed by atoms with Crippen molar-refractivity contribution >= 4 is 5.96 Å². The summed E-state index contributed by atoms with van der Waals surface area (Å²) in [5.74, 6) is 3.62. The SMILES string of the molecule is CCNC(=NCCCCn1ccnc1C)N(C)Cc1ccc2c(c1)OCO2. The first-order chi connectivity index (χ1) is 13.2. The van der Waals surface area contributed by atoms with Crippen LogP contribution in [0, 0.1) is 6.92 Å². The average molecular weight is 371 g/mol. The number of aromatic nitrogens is 2. The number of nitrogens with one attached hydrogen (secondary N) is 1. The second-order valence-electron chi connectivity index (χ2n) is 6.65. The number of unbranched alkanes of at least 4 members (excludes halogenated alkanes) is 1. The van der Waals surface area contributed by atoms with Crippen LogP contribution in [-0.2, 0) is 13.1 Å². The van der Waals surface area contributed by atoms with Crippen molar-refractivity contribution in [1.82, 2.24) is 19.8 Å². The van der Waals surface area contributed by atoms with Gasteiger partial charge < -0.3 is 24.3 Å². The molecule has 146 valence electrons. The number of hydrogen-bond donors (Lipinski definition) is 1. The number of hydrogen-bond acceptors (Lipinski definition) is 4. The molecule has 0 aliphatic carbocycles. The monoisotopic (exact) mass is 371 g/mol. The molecule has 7 heteroatoms. The third-order valence-corrected chi connectivity index (χ3v) is 4.55. The lowest BCUT2D eigenvalue weighted by Crippen LogP contribution is -2.38. The minimum atomic E-state index is 0.303. The number of imidazole rings is 1. The van der Waals surface area contributed by atoms with Gasteiger partial charge in [0.05, 0.1) is 0 Å². The molecule has 0 spiro atoms. The predicted octanol–water partition coefficient (Wildman–Crippen LogP) is 2.80. The molecule has 1 aromatic heterocycles. The Bertz CT molecular complexity index is 771. The van der Waals surface area contributed by atoms with Crippen LogP contribution in [0.25, 0.3) is 0 Å². The van der Waals surface area contributed by atoms with Crippen LogP contribution in [0.1, 0.15) is 31.2 Å². The van der Waals surface area contributed by atoms with Gasteiger partial charge in [-0.2, -0.15) is 0 Å². The highest BCUT2D eigenvalue weighted by Gasteiger charge is 2.14. The van der Waals surface area contributed by atoms with Gasteiger partial charge in [0.15, 0.2) is 17.5 Å². The molecule has 2 heterocycles. The molecule has 1 aliphatic heterocycles. The van der Waals surface area contributed by atoms with Gasteiger partial charge in [0, 0.05) is 45.6 Å². The van der Waals surface area contributed by atoms with Crippen molar-refractivity contribution in [3.63, 3.8) is 0 Å². The van der Waals surface area contributed by atoms with Crippen molar-refractivity contribution in [2.24, 2.45) is 4.99 Å². The number of guanidine groups is 1. The molecule has 0 bridgehead atoms. The third-order valence-electron chi connectivity index (χ3n) is 4.55. The molecule has 0 saturated heterocycles. The maximum absolute atomic E-state index is 5.47. The van der Waals surface area contributed by atoms with E-state index < -0.39 is 0 Å². The molecule has 0 saturated carbocycles. The largest absolute Gasteiger partial charge is 0.454 e. The van der Waals surface area contributed by atoms with Gasteiger partial charge in [-0.25, -0.2) is 4.98 Å². The standard InChI is InChI=1S/C20H29N5O2/c1-4-21-20(23-9-5-6-11-25-12-10-22-16(25)2)24(3)14-17-7-8-18-19(13-17)27-15-26-18/h7-8,10,12-13H,4-6,9,11,14-15H2,1-3H3,(H,21,23). The van der Waals surface area contributed by atoms with E-state index in [4.69, 9.17) is 14.5 Å². The summed E-state index contributed by atoms with van der Waals surface area (Å²) in [6.45, 7) is 7.83. The maximum atomic E-state index is 5.47. The highest BCUT2D eigenvalue weighted by atomic mass is 16.7. The van der Waals surface area contributed by atoms with Gasteiger partial charge in [-0.05, 0) is 44.4 Å². The topological polar surface area (TPSA) is 63.9 Å². The van der Waals surface area contributed by atoms with Crippen molar-refractivity contribution in [2.75, 3.05) is 26.9 Å². The van der Waals surface area contributed by atoms with Crippen LogP contribution in [-0.4, -0.2) is 47.3 Å². The number of ether oxygens (including phenoxy) is 2. The van der Waals surface area contributed by atoms with Crippen LogP contribution >= 0.6 is 0 Å². The summed E-state index contributed by atoms with van der Waals surface area (Å²) in [4.78, 5) is 11.2. The van der Waals surface area contributed by atoms with Crippen molar-refractivity contribution in [3.05, 3.63) is 42.0 Å². The Balaban J connectivity index is 1.50. The van der Waals surface area contributed by atoms with E-state index in [0.29, 0.717) is 6.79 Å². The fraction of sp³-hybridized carbons (Fsp3) is 0.500. The van der Waals surface area contributed by atoms with Gasteiger partial charge in [0.2, 0.25) is 6.79 Å². The zero-order chi connectivity index (χ0) is 19.1. The Morgan fingerprint density at radius 3 is 2.93 bits per heavy atom. The molecule has 0 radical (unpaired) electrons. The smallest absolute Gasteiger partial charge is 0.231 e. The molecule has 7 nitrogen and oxygen atoms in total. The number of aliphatic imine (C=N–C) groups is 1. The zero-order valence-electron chi connectivity index (χ0n) is 16.4. The Morgan fingerprint density at radius 1 is 1.30 bits per heavy atom. The quantitative estimate of drug-likeness (QED) is 0.439. The normalized spacial score (nSPS) is 13.1. The molecule has 1 N–H and O–H groups in total. The Labute approximate surface area is 161 Å². The van der Waals surface area contributed by atoms with Crippen molar-refractivity contribution in [1.29, 1.82) is 0 Å². The minimum absolute atomic E-state index is 0.303. The van der Waals surface area contributed by atoms with Crippen LogP contribution in [0.5, 0.6) is 11.5 Å². The average Bonchev–Trinajstić information content (AvgIpc) is 3.29. The zero-order valence-corrected chi connectivity index (χ0v) is 16.4. The number of aryl methyl sites for hydroxylation is 2. The van der Waals surface area contributed by atoms with Gasteiger partial charge in [0.1, 0.15) is 5.82 Å². The first kappa shape index (κ1) is 19.1. The highest BCUT2D eigenvalue weighted by Crippen LogP contribution is 2.32. The first-order valence-electron chi connectivity index (χ1n) is 9.53. The highest BCUT2D eigenvalue weighted by molar-refractivity contribution is 5.79. The van der Waals surface area contributed by atoms with Crippen LogP contribution in [0.2, 0.25) is 0 Å². The lowest BCUT2D eigenvalue weighted by molar-refractivity contribution is 0.174. The molecular formula is C20H29N5O2. The van der Waals surface area contributed by atoms with Crippen LogP contribution in [0.15, 0.2) is 35.6 Å². The number of nitrogens with zero attached hydrogens (tertiary/aromatic N) is 4. The maximum Gasteiger partial charge on any atom is 0.231 e. The van der Waals surface area contributed by atoms with E-state index in [2.05, 4.69) is 39.8 Å². The lowest BCUT2D eigenvalue weighted by atomic mass is 10.2. The van der Waals surface area contributed by atoms with E-state index in [1.54, 1.807) is 0 Å². The summed E-state index contributed by atoms with van der Waals surface area (Å²) in [6, 6.07) is 6.07. The second-order valence-corrected chi connectivity index (χ2v) is 6.65. The fourth-order valence-corrected chi connectivity index (χ4v) is 3.08. The Morgan fingerprint density at radius 2 is 2.15 bits per heavy atom. The summed E-state index contributed by atoms with van der Waals surface area (Å²) in [5, 5.41) is 3.37. The van der Waals surface area contributed by atoms with Crippen LogP contribution < -0.4 is 14.8 Å². The molecule has 1 aliphatic rings. The number of rotatable bonds is 8. The summed E-state index contributed by atoms with van der Waals surface area (Å²) in [6.07, 6.45) is 6.01. The summed E-state index contributed by atoms with van der Waals surface area (Å²) >= 11 is 0. The lowest BCUT2D eigenvalue weighted by Gasteiger charge is -2.22. The second kappa shape index (κ2) is 9.30. The molecule has 3 rings (SSSR count). The molecule has 0 unspecified atom stereocenters. The Hall–Kier alpha value is -2.70. The van der Waals surface area contributed by atoms with Gasteiger partial charge in [-0.1, -0.05) is 6.07 Å². The molecule has 1 aromatic carbocycles. The van der Waals surface area contributed by atoms with Crippen LogP contribution in [0.4, 0.5) is 0 Å². The molecule has 2 aromatic rings. The van der Waals surface area contributed by atoms with E-state index in [-0.39, 0.29) is 0 Å². The molecule has 0 fully saturated rings. The van der Waals surface area contributed by atoms with Crippen LogP contribution in [0.3, 0.4) is 0 Å². The van der Waals surface area contributed by atoms with Crippen molar-refractivity contribution in [2.45, 2.75) is 39.8 Å². The number of fused-ring (bicyclic) bond motifs is 1. The fourth-order valence-electron chi connectivity index (χ4n) is 3.08.